The van der Waals surface area contributed by atoms with Crippen molar-refractivity contribution >= 4 is 17.8 Å². The number of likely N-dealkylation sites (N-methyl/N-ethyl adjacent to an activating group) is 1. The van der Waals surface area contributed by atoms with Gasteiger partial charge in [0.25, 0.3) is 0 Å². The summed E-state index contributed by atoms with van der Waals surface area (Å²) >= 11 is 0. The second kappa shape index (κ2) is 11.0. The summed E-state index contributed by atoms with van der Waals surface area (Å²) in [4.78, 5) is 38.5. The predicted octanol–water partition coefficient (Wildman–Crippen LogP) is 2.92. The van der Waals surface area contributed by atoms with Gasteiger partial charge in [-0.05, 0) is 31.1 Å². The molecular formula is C20H36N2O4. The van der Waals surface area contributed by atoms with E-state index in [4.69, 9.17) is 4.74 Å². The van der Waals surface area contributed by atoms with Gasteiger partial charge in [-0.3, -0.25) is 9.59 Å². The number of allylic oxidation sites excluding steroid dienone is 1. The smallest absolute Gasteiger partial charge is 0.328 e. The molecule has 0 rings (SSSR count). The molecule has 0 aliphatic carbocycles. The van der Waals surface area contributed by atoms with Crippen LogP contribution in [0.15, 0.2) is 12.7 Å². The Kier molecular flexibility index (Phi) is 10.2. The Morgan fingerprint density at radius 3 is 2.23 bits per heavy atom. The molecule has 0 radical (unpaired) electrons. The van der Waals surface area contributed by atoms with Crippen LogP contribution in [0.25, 0.3) is 0 Å². The molecule has 0 aliphatic heterocycles. The Balaban J connectivity index is 5.09. The number of rotatable bonds is 10. The van der Waals surface area contributed by atoms with E-state index in [9.17, 15) is 14.4 Å². The third kappa shape index (κ3) is 9.59. The number of esters is 1. The van der Waals surface area contributed by atoms with Crippen molar-refractivity contribution in [3.63, 3.8) is 0 Å². The van der Waals surface area contributed by atoms with Gasteiger partial charge in [0.2, 0.25) is 11.8 Å². The van der Waals surface area contributed by atoms with Crippen LogP contribution in [-0.4, -0.2) is 48.4 Å². The Morgan fingerprint density at radius 2 is 1.77 bits per heavy atom. The molecule has 0 saturated carbocycles. The third-order valence-electron chi connectivity index (χ3n) is 3.78. The Hall–Kier alpha value is -1.85. The van der Waals surface area contributed by atoms with Gasteiger partial charge in [-0.2, -0.15) is 0 Å². The Labute approximate surface area is 158 Å². The number of carbonyl (C=O) groups is 3. The summed E-state index contributed by atoms with van der Waals surface area (Å²) < 4.78 is 5.37. The first-order chi connectivity index (χ1) is 11.9. The molecule has 2 amide bonds. The topological polar surface area (TPSA) is 75.7 Å². The van der Waals surface area contributed by atoms with Gasteiger partial charge >= 0.3 is 5.97 Å². The summed E-state index contributed by atoms with van der Waals surface area (Å²) in [6, 6.07) is -1.40. The lowest BCUT2D eigenvalue weighted by atomic mass is 9.87. The molecule has 0 aromatic heterocycles. The molecule has 0 aromatic carbocycles. The number of ether oxygens (including phenoxy) is 1. The second-order valence-electron chi connectivity index (χ2n) is 8.37. The van der Waals surface area contributed by atoms with Crippen molar-refractivity contribution < 1.29 is 19.1 Å². The van der Waals surface area contributed by atoms with Crippen molar-refractivity contribution in [3.05, 3.63) is 12.7 Å². The minimum atomic E-state index is -0.710. The van der Waals surface area contributed by atoms with Gasteiger partial charge in [-0.25, -0.2) is 4.79 Å². The van der Waals surface area contributed by atoms with E-state index in [2.05, 4.69) is 11.9 Å². The van der Waals surface area contributed by atoms with Crippen LogP contribution in [-0.2, 0) is 19.1 Å². The average Bonchev–Trinajstić information content (AvgIpc) is 2.53. The monoisotopic (exact) mass is 368 g/mol. The van der Waals surface area contributed by atoms with Crippen LogP contribution in [0.3, 0.4) is 0 Å². The molecule has 6 nitrogen and oxygen atoms in total. The highest BCUT2D eigenvalue weighted by Crippen LogP contribution is 2.24. The predicted molar refractivity (Wildman–Crippen MR) is 103 cm³/mol. The fourth-order valence-corrected chi connectivity index (χ4v) is 2.37. The van der Waals surface area contributed by atoms with Crippen molar-refractivity contribution in [3.8, 4) is 0 Å². The SMILES string of the molecule is C=CCCC(=O)N[C@@H](C)C(=O)N(C)[C@@H](CC(C)(C)C)C(=O)OCC(C)C. The van der Waals surface area contributed by atoms with Crippen molar-refractivity contribution in [2.45, 2.75) is 72.9 Å². The van der Waals surface area contributed by atoms with Crippen LogP contribution in [0.5, 0.6) is 0 Å². The van der Waals surface area contributed by atoms with E-state index in [1.54, 1.807) is 20.0 Å². The molecule has 150 valence electrons. The number of carbonyl (C=O) groups excluding carboxylic acids is 3. The quantitative estimate of drug-likeness (QED) is 0.475. The number of nitrogens with one attached hydrogen (secondary N) is 1. The largest absolute Gasteiger partial charge is 0.464 e. The summed E-state index contributed by atoms with van der Waals surface area (Å²) in [5.41, 5.74) is -0.160. The maximum Gasteiger partial charge on any atom is 0.328 e. The van der Waals surface area contributed by atoms with Gasteiger partial charge in [0.05, 0.1) is 6.61 Å². The molecule has 2 atom stereocenters. The molecule has 0 aliphatic rings. The first-order valence-electron chi connectivity index (χ1n) is 9.22. The molecular weight excluding hydrogens is 332 g/mol. The minimum absolute atomic E-state index is 0.160. The normalized spacial score (nSPS) is 13.7. The van der Waals surface area contributed by atoms with Gasteiger partial charge in [0.15, 0.2) is 0 Å². The van der Waals surface area contributed by atoms with Gasteiger partial charge < -0.3 is 15.0 Å². The van der Waals surface area contributed by atoms with Crippen molar-refractivity contribution in [1.82, 2.24) is 10.2 Å². The summed E-state index contributed by atoms with van der Waals surface area (Å²) in [5.74, 6) is -0.713. The van der Waals surface area contributed by atoms with E-state index in [0.717, 1.165) is 0 Å². The fourth-order valence-electron chi connectivity index (χ4n) is 2.37. The summed E-state index contributed by atoms with van der Waals surface area (Å²) in [6.45, 7) is 15.5. The molecule has 0 aromatic rings. The van der Waals surface area contributed by atoms with Crippen LogP contribution >= 0.6 is 0 Å². The molecule has 0 spiro atoms. The molecule has 0 fully saturated rings. The standard InChI is InChI=1S/C20H36N2O4/c1-9-10-11-17(23)21-15(4)18(24)22(8)16(12-20(5,6)7)19(25)26-13-14(2)3/h9,14-16H,1,10-13H2,2-8H3,(H,21,23)/t15-,16-/m0/s1. The van der Waals surface area contributed by atoms with E-state index < -0.39 is 18.1 Å². The first kappa shape index (κ1) is 24.1. The molecule has 0 heterocycles. The van der Waals surface area contributed by atoms with E-state index >= 15 is 0 Å². The molecule has 0 bridgehead atoms. The Bertz CT molecular complexity index is 495. The summed E-state index contributed by atoms with van der Waals surface area (Å²) in [6.07, 6.45) is 2.97. The van der Waals surface area contributed by atoms with E-state index in [1.807, 2.05) is 34.6 Å². The lowest BCUT2D eigenvalue weighted by Crippen LogP contribution is -2.52. The molecule has 6 heteroatoms. The zero-order valence-electron chi connectivity index (χ0n) is 17.4. The maximum absolute atomic E-state index is 12.7. The zero-order valence-corrected chi connectivity index (χ0v) is 17.4. The number of hydrogen-bond donors (Lipinski definition) is 1. The van der Waals surface area contributed by atoms with Crippen molar-refractivity contribution in [2.75, 3.05) is 13.7 Å². The molecule has 0 saturated heterocycles. The summed E-state index contributed by atoms with van der Waals surface area (Å²) in [7, 11) is 1.59. The highest BCUT2D eigenvalue weighted by molar-refractivity contribution is 5.90. The molecule has 0 unspecified atom stereocenters. The van der Waals surface area contributed by atoms with E-state index in [0.29, 0.717) is 19.4 Å². The highest BCUT2D eigenvalue weighted by Gasteiger charge is 2.34. The molecule has 26 heavy (non-hydrogen) atoms. The van der Waals surface area contributed by atoms with Gasteiger partial charge in [0.1, 0.15) is 12.1 Å². The first-order valence-corrected chi connectivity index (χ1v) is 9.22. The van der Waals surface area contributed by atoms with Gasteiger partial charge in [-0.1, -0.05) is 40.7 Å². The highest BCUT2D eigenvalue weighted by atomic mass is 16.5. The van der Waals surface area contributed by atoms with E-state index in [-0.39, 0.29) is 29.6 Å². The third-order valence-corrected chi connectivity index (χ3v) is 3.78. The number of nitrogens with zero attached hydrogens (tertiary/aromatic N) is 1. The van der Waals surface area contributed by atoms with Crippen LogP contribution < -0.4 is 5.32 Å². The minimum Gasteiger partial charge on any atom is -0.464 e. The number of hydrogen-bond acceptors (Lipinski definition) is 4. The average molecular weight is 369 g/mol. The van der Waals surface area contributed by atoms with Crippen molar-refractivity contribution in [2.24, 2.45) is 11.3 Å². The number of amides is 2. The maximum atomic E-state index is 12.7. The lowest BCUT2D eigenvalue weighted by molar-refractivity contribution is -0.157. The second-order valence-corrected chi connectivity index (χ2v) is 8.37. The van der Waals surface area contributed by atoms with Crippen LogP contribution in [0.4, 0.5) is 0 Å². The van der Waals surface area contributed by atoms with Gasteiger partial charge in [0, 0.05) is 13.5 Å². The lowest BCUT2D eigenvalue weighted by Gasteiger charge is -2.33. The summed E-state index contributed by atoms with van der Waals surface area (Å²) in [5, 5.41) is 2.67. The van der Waals surface area contributed by atoms with Crippen LogP contribution in [0, 0.1) is 11.3 Å². The van der Waals surface area contributed by atoms with Crippen molar-refractivity contribution in [1.29, 1.82) is 0 Å². The van der Waals surface area contributed by atoms with Crippen LogP contribution in [0.2, 0.25) is 0 Å². The Morgan fingerprint density at radius 1 is 1.19 bits per heavy atom. The van der Waals surface area contributed by atoms with Crippen LogP contribution in [0.1, 0.15) is 60.8 Å². The van der Waals surface area contributed by atoms with Gasteiger partial charge in [-0.15, -0.1) is 6.58 Å². The fraction of sp³-hybridized carbons (Fsp3) is 0.750. The zero-order chi connectivity index (χ0) is 20.5. The molecule has 1 N–H and O–H groups in total. The van der Waals surface area contributed by atoms with E-state index in [1.165, 1.54) is 4.90 Å².